The van der Waals surface area contributed by atoms with Crippen LogP contribution in [0.15, 0.2) is 11.5 Å². The van der Waals surface area contributed by atoms with E-state index in [4.69, 9.17) is 15.3 Å². The highest BCUT2D eigenvalue weighted by Gasteiger charge is 2.03. The van der Waals surface area contributed by atoms with Crippen molar-refractivity contribution in [2.75, 3.05) is 0 Å². The van der Waals surface area contributed by atoms with Crippen LogP contribution >= 0.6 is 0 Å². The summed E-state index contributed by atoms with van der Waals surface area (Å²) in [6.45, 7) is 2.68. The first-order valence-electron chi connectivity index (χ1n) is 2.32. The van der Waals surface area contributed by atoms with E-state index in [1.807, 2.05) is 0 Å². The first-order chi connectivity index (χ1) is 3.55. The highest BCUT2D eigenvalue weighted by molar-refractivity contribution is 4.98. The van der Waals surface area contributed by atoms with E-state index in [1.54, 1.807) is 0 Å². The Balaban J connectivity index is 4.00. The average Bonchev–Trinajstić information content (AvgIpc) is 1.64. The summed E-state index contributed by atoms with van der Waals surface area (Å²) in [5.41, 5.74) is 0. The fourth-order valence-corrected chi connectivity index (χ4v) is 0.302. The van der Waals surface area contributed by atoms with E-state index < -0.39 is 6.10 Å². The van der Waals surface area contributed by atoms with E-state index >= 15 is 0 Å². The second-order valence-corrected chi connectivity index (χ2v) is 1.65. The molecule has 0 fully saturated rings. The van der Waals surface area contributed by atoms with Crippen molar-refractivity contribution in [1.82, 2.24) is 0 Å². The van der Waals surface area contributed by atoms with Gasteiger partial charge in [-0.2, -0.15) is 0 Å². The Morgan fingerprint density at radius 1 is 1.38 bits per heavy atom. The van der Waals surface area contributed by atoms with Gasteiger partial charge in [0.1, 0.15) is 11.9 Å². The largest absolute Gasteiger partial charge is 0.509 e. The zero-order valence-corrected chi connectivity index (χ0v) is 4.92. The minimum absolute atomic E-state index is 0.236. The molecule has 0 saturated heterocycles. The Morgan fingerprint density at radius 3 is 1.75 bits per heavy atom. The second kappa shape index (κ2) is 2.57. The van der Waals surface area contributed by atoms with Crippen LogP contribution in [-0.2, 0) is 0 Å². The summed E-state index contributed by atoms with van der Waals surface area (Å²) in [5.74, 6) is -0.606. The highest BCUT2D eigenvalue weighted by atomic mass is 16.3. The van der Waals surface area contributed by atoms with Gasteiger partial charge in [0, 0.05) is 0 Å². The molecular weight excluding hydrogens is 108 g/mol. The number of aliphatic hydroxyl groups is 3. The lowest BCUT2D eigenvalue weighted by Gasteiger charge is -2.01. The van der Waals surface area contributed by atoms with Crippen LogP contribution in [0.3, 0.4) is 0 Å². The Hall–Kier alpha value is -0.700. The summed E-state index contributed by atoms with van der Waals surface area (Å²) in [6.07, 6.45) is -0.972. The molecule has 0 aliphatic carbocycles. The van der Waals surface area contributed by atoms with Crippen LogP contribution in [0.2, 0.25) is 0 Å². The Labute approximate surface area is 47.9 Å². The van der Waals surface area contributed by atoms with Gasteiger partial charge in [-0.1, -0.05) is 0 Å². The fourth-order valence-electron chi connectivity index (χ4n) is 0.302. The summed E-state index contributed by atoms with van der Waals surface area (Å²) in [5, 5.41) is 25.6. The van der Waals surface area contributed by atoms with Crippen LogP contribution in [0.5, 0.6) is 0 Å². The summed E-state index contributed by atoms with van der Waals surface area (Å²) >= 11 is 0. The Bertz CT molecular complexity index is 100. The van der Waals surface area contributed by atoms with Gasteiger partial charge in [0.2, 0.25) is 0 Å². The topological polar surface area (TPSA) is 60.7 Å². The van der Waals surface area contributed by atoms with E-state index in [-0.39, 0.29) is 11.5 Å². The number of hydrogen-bond acceptors (Lipinski definition) is 3. The molecule has 0 spiro atoms. The van der Waals surface area contributed by atoms with Crippen molar-refractivity contribution in [3.63, 3.8) is 0 Å². The molecule has 0 radical (unpaired) electrons. The molecule has 1 atom stereocenters. The molecule has 0 saturated carbocycles. The fraction of sp³-hybridized carbons (Fsp3) is 0.600. The van der Waals surface area contributed by atoms with Crippen LogP contribution in [0.1, 0.15) is 13.8 Å². The van der Waals surface area contributed by atoms with Crippen LogP contribution in [0.4, 0.5) is 0 Å². The molecule has 3 nitrogen and oxygen atoms in total. The van der Waals surface area contributed by atoms with Gasteiger partial charge in [-0.05, 0) is 13.8 Å². The third-order valence-electron chi connectivity index (χ3n) is 0.766. The van der Waals surface area contributed by atoms with Crippen molar-refractivity contribution in [1.29, 1.82) is 0 Å². The molecular formula is C5H10O3. The van der Waals surface area contributed by atoms with Crippen molar-refractivity contribution in [2.24, 2.45) is 0 Å². The minimum Gasteiger partial charge on any atom is -0.509 e. The molecule has 0 aromatic rings. The molecule has 8 heavy (non-hydrogen) atoms. The van der Waals surface area contributed by atoms with Crippen LogP contribution in [0.25, 0.3) is 0 Å². The monoisotopic (exact) mass is 118 g/mol. The van der Waals surface area contributed by atoms with Crippen LogP contribution in [-0.4, -0.2) is 21.4 Å². The van der Waals surface area contributed by atoms with Crippen LogP contribution in [0, 0.1) is 0 Å². The molecule has 0 amide bonds. The zero-order valence-electron chi connectivity index (χ0n) is 4.92. The summed E-state index contributed by atoms with van der Waals surface area (Å²) in [6, 6.07) is 0. The summed E-state index contributed by atoms with van der Waals surface area (Å²) < 4.78 is 0. The van der Waals surface area contributed by atoms with Gasteiger partial charge in [-0.3, -0.25) is 0 Å². The van der Waals surface area contributed by atoms with E-state index in [0.29, 0.717) is 0 Å². The van der Waals surface area contributed by atoms with E-state index in [2.05, 4.69) is 0 Å². The number of aliphatic hydroxyl groups excluding tert-OH is 3. The van der Waals surface area contributed by atoms with Gasteiger partial charge in [0.05, 0.1) is 0 Å². The van der Waals surface area contributed by atoms with Crippen molar-refractivity contribution >= 4 is 0 Å². The molecule has 0 heterocycles. The smallest absolute Gasteiger partial charge is 0.158 e. The summed E-state index contributed by atoms with van der Waals surface area (Å²) in [7, 11) is 0. The van der Waals surface area contributed by atoms with E-state index in [0.717, 1.165) is 0 Å². The van der Waals surface area contributed by atoms with Gasteiger partial charge in [-0.25, -0.2) is 0 Å². The quantitative estimate of drug-likeness (QED) is 0.444. The maximum atomic E-state index is 8.58. The standard InChI is InChI=1S/C5H10O3/c1-3(6)5(8)4(2)7/h3,6-8H,1-2H3. The van der Waals surface area contributed by atoms with Gasteiger partial charge in [0.25, 0.3) is 0 Å². The highest BCUT2D eigenvalue weighted by Crippen LogP contribution is 2.00. The Kier molecular flexibility index (Phi) is 2.34. The molecule has 3 N–H and O–H groups in total. The third-order valence-corrected chi connectivity index (χ3v) is 0.766. The minimum atomic E-state index is -0.972. The molecule has 0 aliphatic heterocycles. The number of hydrogen-bond donors (Lipinski definition) is 3. The van der Waals surface area contributed by atoms with Gasteiger partial charge in [-0.15, -0.1) is 0 Å². The summed E-state index contributed by atoms with van der Waals surface area (Å²) in [4.78, 5) is 0. The molecule has 0 aromatic heterocycles. The first-order valence-corrected chi connectivity index (χ1v) is 2.32. The SMILES string of the molecule is CC(O)=C(O)C(C)O. The average molecular weight is 118 g/mol. The van der Waals surface area contributed by atoms with E-state index in [1.165, 1.54) is 13.8 Å². The molecule has 3 heteroatoms. The molecule has 0 aromatic carbocycles. The maximum Gasteiger partial charge on any atom is 0.158 e. The molecule has 0 bridgehead atoms. The zero-order chi connectivity index (χ0) is 6.73. The van der Waals surface area contributed by atoms with E-state index in [9.17, 15) is 0 Å². The first kappa shape index (κ1) is 7.30. The van der Waals surface area contributed by atoms with Crippen molar-refractivity contribution in [2.45, 2.75) is 20.0 Å². The number of allylic oxidation sites excluding steroid dienone is 1. The van der Waals surface area contributed by atoms with Gasteiger partial charge in [0.15, 0.2) is 5.76 Å². The normalized spacial score (nSPS) is 17.4. The molecule has 1 unspecified atom stereocenters. The second-order valence-electron chi connectivity index (χ2n) is 1.65. The van der Waals surface area contributed by atoms with Crippen molar-refractivity contribution in [3.05, 3.63) is 11.5 Å². The van der Waals surface area contributed by atoms with Crippen LogP contribution < -0.4 is 0 Å². The lowest BCUT2D eigenvalue weighted by molar-refractivity contribution is 0.155. The predicted molar refractivity (Wildman–Crippen MR) is 29.6 cm³/mol. The van der Waals surface area contributed by atoms with Crippen molar-refractivity contribution < 1.29 is 15.3 Å². The van der Waals surface area contributed by atoms with Gasteiger partial charge >= 0.3 is 0 Å². The molecule has 0 aliphatic rings. The van der Waals surface area contributed by atoms with Crippen molar-refractivity contribution in [3.8, 4) is 0 Å². The van der Waals surface area contributed by atoms with Gasteiger partial charge < -0.3 is 15.3 Å². The number of rotatable bonds is 1. The lowest BCUT2D eigenvalue weighted by Crippen LogP contribution is -2.05. The molecule has 0 rings (SSSR count). The molecule has 48 valence electrons. The Morgan fingerprint density at radius 2 is 1.75 bits per heavy atom. The lowest BCUT2D eigenvalue weighted by atomic mass is 10.3. The maximum absolute atomic E-state index is 8.58. The predicted octanol–water partition coefficient (Wildman–Crippen LogP) is 0.715. The third kappa shape index (κ3) is 1.84.